The van der Waals surface area contributed by atoms with E-state index in [1.807, 2.05) is 67.8 Å². The number of carbonyl (C=O) groups is 1. The molecular weight excluding hydrogens is 292 g/mol. The number of amides is 1. The minimum absolute atomic E-state index is 0.112. The zero-order valence-corrected chi connectivity index (χ0v) is 13.3. The van der Waals surface area contributed by atoms with Crippen LogP contribution in [0.3, 0.4) is 0 Å². The third kappa shape index (κ3) is 3.07. The molecule has 3 aromatic rings. The van der Waals surface area contributed by atoms with Gasteiger partial charge in [0, 0.05) is 16.5 Å². The van der Waals surface area contributed by atoms with Gasteiger partial charge in [-0.2, -0.15) is 0 Å². The fourth-order valence-corrected chi connectivity index (χ4v) is 2.81. The molecule has 0 aliphatic heterocycles. The summed E-state index contributed by atoms with van der Waals surface area (Å²) < 4.78 is 0. The number of rotatable bonds is 3. The van der Waals surface area contributed by atoms with E-state index in [1.165, 1.54) is 0 Å². The predicted molar refractivity (Wildman–Crippen MR) is 91.4 cm³/mol. The zero-order chi connectivity index (χ0) is 15.5. The van der Waals surface area contributed by atoms with E-state index in [-0.39, 0.29) is 5.91 Å². The Labute approximate surface area is 133 Å². The molecule has 0 radical (unpaired) electrons. The second-order valence-electron chi connectivity index (χ2n) is 5.12. The maximum absolute atomic E-state index is 12.4. The molecule has 2 aromatic carbocycles. The average molecular weight is 308 g/mol. The van der Waals surface area contributed by atoms with Crippen LogP contribution in [0, 0.1) is 13.8 Å². The normalized spacial score (nSPS) is 10.5. The summed E-state index contributed by atoms with van der Waals surface area (Å²) in [7, 11) is 0. The monoisotopic (exact) mass is 308 g/mol. The summed E-state index contributed by atoms with van der Waals surface area (Å²) in [6, 6.07) is 15.3. The molecule has 110 valence electrons. The Balaban J connectivity index is 1.89. The molecule has 4 heteroatoms. The van der Waals surface area contributed by atoms with Gasteiger partial charge >= 0.3 is 0 Å². The number of aromatic nitrogens is 1. The number of hydrogen-bond donors (Lipinski definition) is 1. The van der Waals surface area contributed by atoms with Gasteiger partial charge < -0.3 is 5.32 Å². The van der Waals surface area contributed by atoms with Crippen LogP contribution in [0.1, 0.15) is 20.9 Å². The standard InChI is InChI=1S/C18H16N2OS/c1-12-7-9-14(10-8-12)18(21)20-16-6-4-3-5-15(16)17-11-22-13(2)19-17/h3-11H,1-2H3,(H,20,21). The number of nitrogens with one attached hydrogen (secondary N) is 1. The Morgan fingerprint density at radius 2 is 1.77 bits per heavy atom. The van der Waals surface area contributed by atoms with Gasteiger partial charge in [-0.3, -0.25) is 4.79 Å². The van der Waals surface area contributed by atoms with Crippen molar-refractivity contribution in [3.05, 3.63) is 70.0 Å². The third-order valence-electron chi connectivity index (χ3n) is 3.38. The molecule has 0 unspecified atom stereocenters. The molecule has 1 amide bonds. The van der Waals surface area contributed by atoms with Crippen molar-refractivity contribution in [2.24, 2.45) is 0 Å². The molecule has 0 aliphatic rings. The number of hydrogen-bond acceptors (Lipinski definition) is 3. The van der Waals surface area contributed by atoms with Gasteiger partial charge in [0.25, 0.3) is 5.91 Å². The van der Waals surface area contributed by atoms with Crippen LogP contribution >= 0.6 is 11.3 Å². The van der Waals surface area contributed by atoms with Crippen molar-refractivity contribution in [2.75, 3.05) is 5.32 Å². The van der Waals surface area contributed by atoms with Crippen LogP contribution in [-0.4, -0.2) is 10.9 Å². The van der Waals surface area contributed by atoms with E-state index in [1.54, 1.807) is 11.3 Å². The van der Waals surface area contributed by atoms with Crippen LogP contribution in [0.4, 0.5) is 5.69 Å². The van der Waals surface area contributed by atoms with Gasteiger partial charge in [0.2, 0.25) is 0 Å². The van der Waals surface area contributed by atoms with Crippen LogP contribution in [0.25, 0.3) is 11.3 Å². The number of para-hydroxylation sites is 1. The molecule has 22 heavy (non-hydrogen) atoms. The van der Waals surface area contributed by atoms with Gasteiger partial charge in [0.05, 0.1) is 16.4 Å². The number of carbonyl (C=O) groups excluding carboxylic acids is 1. The van der Waals surface area contributed by atoms with E-state index in [9.17, 15) is 4.79 Å². The molecule has 0 fully saturated rings. The zero-order valence-electron chi connectivity index (χ0n) is 12.5. The lowest BCUT2D eigenvalue weighted by molar-refractivity contribution is 0.102. The minimum atomic E-state index is -0.112. The van der Waals surface area contributed by atoms with Crippen molar-refractivity contribution >= 4 is 22.9 Å². The first-order valence-electron chi connectivity index (χ1n) is 7.03. The van der Waals surface area contributed by atoms with Gasteiger partial charge in [0.1, 0.15) is 0 Å². The summed E-state index contributed by atoms with van der Waals surface area (Å²) in [5.41, 5.74) is 4.39. The molecule has 0 saturated carbocycles. The number of nitrogens with zero attached hydrogens (tertiary/aromatic N) is 1. The highest BCUT2D eigenvalue weighted by Crippen LogP contribution is 2.29. The fourth-order valence-electron chi connectivity index (χ4n) is 2.20. The first-order chi connectivity index (χ1) is 10.6. The topological polar surface area (TPSA) is 42.0 Å². The van der Waals surface area contributed by atoms with Crippen molar-refractivity contribution in [2.45, 2.75) is 13.8 Å². The Hall–Kier alpha value is -2.46. The summed E-state index contributed by atoms with van der Waals surface area (Å²) in [4.78, 5) is 16.9. The summed E-state index contributed by atoms with van der Waals surface area (Å²) in [6.07, 6.45) is 0. The maximum atomic E-state index is 12.4. The summed E-state index contributed by atoms with van der Waals surface area (Å²) in [6.45, 7) is 3.98. The lowest BCUT2D eigenvalue weighted by Gasteiger charge is -2.09. The van der Waals surface area contributed by atoms with Crippen molar-refractivity contribution in [3.63, 3.8) is 0 Å². The van der Waals surface area contributed by atoms with Crippen LogP contribution in [0.15, 0.2) is 53.9 Å². The SMILES string of the molecule is Cc1ccc(C(=O)Nc2ccccc2-c2csc(C)n2)cc1. The molecule has 3 nitrogen and oxygen atoms in total. The van der Waals surface area contributed by atoms with E-state index in [0.29, 0.717) is 5.56 Å². The van der Waals surface area contributed by atoms with E-state index in [4.69, 9.17) is 0 Å². The largest absolute Gasteiger partial charge is 0.321 e. The van der Waals surface area contributed by atoms with Gasteiger partial charge in [-0.05, 0) is 32.0 Å². The molecule has 0 saturated heterocycles. The minimum Gasteiger partial charge on any atom is -0.321 e. The number of anilines is 1. The van der Waals surface area contributed by atoms with Crippen LogP contribution in [0.2, 0.25) is 0 Å². The molecule has 3 rings (SSSR count). The maximum Gasteiger partial charge on any atom is 0.255 e. The highest BCUT2D eigenvalue weighted by Gasteiger charge is 2.11. The fraction of sp³-hybridized carbons (Fsp3) is 0.111. The van der Waals surface area contributed by atoms with Gasteiger partial charge in [0.15, 0.2) is 0 Å². The molecule has 0 spiro atoms. The second kappa shape index (κ2) is 6.12. The van der Waals surface area contributed by atoms with Gasteiger partial charge in [-0.1, -0.05) is 35.9 Å². The summed E-state index contributed by atoms with van der Waals surface area (Å²) >= 11 is 1.60. The van der Waals surface area contributed by atoms with Crippen molar-refractivity contribution < 1.29 is 4.79 Å². The molecule has 0 atom stereocenters. The smallest absolute Gasteiger partial charge is 0.255 e. The van der Waals surface area contributed by atoms with Gasteiger partial charge in [-0.15, -0.1) is 11.3 Å². The number of aryl methyl sites for hydroxylation is 2. The highest BCUT2D eigenvalue weighted by atomic mass is 32.1. The van der Waals surface area contributed by atoms with E-state index < -0.39 is 0 Å². The lowest BCUT2D eigenvalue weighted by Crippen LogP contribution is -2.12. The summed E-state index contributed by atoms with van der Waals surface area (Å²) in [5, 5.41) is 5.99. The second-order valence-corrected chi connectivity index (χ2v) is 6.18. The number of benzene rings is 2. The van der Waals surface area contributed by atoms with Crippen molar-refractivity contribution in [1.29, 1.82) is 0 Å². The quantitative estimate of drug-likeness (QED) is 0.763. The van der Waals surface area contributed by atoms with Gasteiger partial charge in [-0.25, -0.2) is 4.98 Å². The van der Waals surface area contributed by atoms with E-state index >= 15 is 0 Å². The van der Waals surface area contributed by atoms with Crippen LogP contribution in [-0.2, 0) is 0 Å². The first-order valence-corrected chi connectivity index (χ1v) is 7.91. The third-order valence-corrected chi connectivity index (χ3v) is 4.16. The molecule has 1 heterocycles. The molecule has 0 aliphatic carbocycles. The van der Waals surface area contributed by atoms with Crippen LogP contribution < -0.4 is 5.32 Å². The molecular formula is C18H16N2OS. The Bertz CT molecular complexity index is 806. The first kappa shape index (κ1) is 14.5. The molecule has 1 aromatic heterocycles. The Morgan fingerprint density at radius 1 is 1.05 bits per heavy atom. The van der Waals surface area contributed by atoms with Crippen LogP contribution in [0.5, 0.6) is 0 Å². The molecule has 1 N–H and O–H groups in total. The Morgan fingerprint density at radius 3 is 2.45 bits per heavy atom. The Kier molecular flexibility index (Phi) is 4.02. The highest BCUT2D eigenvalue weighted by molar-refractivity contribution is 7.09. The average Bonchev–Trinajstić information content (AvgIpc) is 2.95. The van der Waals surface area contributed by atoms with Crippen molar-refractivity contribution in [1.82, 2.24) is 4.98 Å². The predicted octanol–water partition coefficient (Wildman–Crippen LogP) is 4.68. The lowest BCUT2D eigenvalue weighted by atomic mass is 10.1. The number of thiazole rings is 1. The molecule has 0 bridgehead atoms. The summed E-state index contributed by atoms with van der Waals surface area (Å²) in [5.74, 6) is -0.112. The van der Waals surface area contributed by atoms with Crippen molar-refractivity contribution in [3.8, 4) is 11.3 Å². The van der Waals surface area contributed by atoms with E-state index in [0.717, 1.165) is 27.5 Å². The van der Waals surface area contributed by atoms with E-state index in [2.05, 4.69) is 10.3 Å².